The molecule has 0 saturated carbocycles. The van der Waals surface area contributed by atoms with Gasteiger partial charge in [-0.15, -0.1) is 0 Å². The molecule has 2 rings (SSSR count). The molecule has 0 radical (unpaired) electrons. The minimum Gasteiger partial charge on any atom is -0.354 e. The summed E-state index contributed by atoms with van der Waals surface area (Å²) in [5.74, 6) is -1.25. The monoisotopic (exact) mass is 270 g/mol. The van der Waals surface area contributed by atoms with Gasteiger partial charge in [0.2, 0.25) is 5.91 Å². The molecule has 1 aromatic carbocycles. The summed E-state index contributed by atoms with van der Waals surface area (Å²) in [6.07, 6.45) is 0.902. The first-order valence-electron chi connectivity index (χ1n) is 5.59. The Bertz CT molecular complexity index is 463. The van der Waals surface area contributed by atoms with Crippen LogP contribution in [0, 0.1) is 5.82 Å². The molecule has 1 unspecified atom stereocenters. The molecule has 2 amide bonds. The van der Waals surface area contributed by atoms with Gasteiger partial charge in [0.15, 0.2) is 0 Å². The van der Waals surface area contributed by atoms with Crippen molar-refractivity contribution in [3.63, 3.8) is 0 Å². The minimum atomic E-state index is -0.653. The lowest BCUT2D eigenvalue weighted by Gasteiger charge is -2.23. The number of hydrogen-bond donors (Lipinski definition) is 2. The Morgan fingerprint density at radius 1 is 1.50 bits per heavy atom. The first-order valence-corrected chi connectivity index (χ1v) is 5.97. The van der Waals surface area contributed by atoms with Crippen LogP contribution in [0.2, 0.25) is 5.02 Å². The Morgan fingerprint density at radius 2 is 2.28 bits per heavy atom. The Balaban J connectivity index is 2.06. The number of piperidine rings is 1. The molecule has 1 fully saturated rings. The van der Waals surface area contributed by atoms with Crippen LogP contribution < -0.4 is 10.6 Å². The maximum Gasteiger partial charge on any atom is 0.256 e. The molecule has 0 aromatic heterocycles. The molecular weight excluding hydrogens is 259 g/mol. The molecule has 1 saturated heterocycles. The SMILES string of the molecule is O=C1CCC(NC(=O)c2c(F)cccc2Cl)CN1. The van der Waals surface area contributed by atoms with Crippen molar-refractivity contribution in [1.29, 1.82) is 0 Å². The van der Waals surface area contributed by atoms with E-state index >= 15 is 0 Å². The van der Waals surface area contributed by atoms with E-state index in [9.17, 15) is 14.0 Å². The number of carbonyl (C=O) groups is 2. The largest absolute Gasteiger partial charge is 0.354 e. The third-order valence-electron chi connectivity index (χ3n) is 2.79. The third-order valence-corrected chi connectivity index (χ3v) is 3.11. The van der Waals surface area contributed by atoms with Crippen LogP contribution in [0.3, 0.4) is 0 Å². The maximum atomic E-state index is 13.5. The van der Waals surface area contributed by atoms with Crippen molar-refractivity contribution in [2.24, 2.45) is 0 Å². The highest BCUT2D eigenvalue weighted by molar-refractivity contribution is 6.33. The number of nitrogens with one attached hydrogen (secondary N) is 2. The van der Waals surface area contributed by atoms with E-state index in [2.05, 4.69) is 10.6 Å². The average molecular weight is 271 g/mol. The van der Waals surface area contributed by atoms with Gasteiger partial charge in [-0.2, -0.15) is 0 Å². The van der Waals surface area contributed by atoms with Crippen LogP contribution in [0.4, 0.5) is 4.39 Å². The molecule has 1 aliphatic rings. The number of hydrogen-bond acceptors (Lipinski definition) is 2. The highest BCUT2D eigenvalue weighted by Gasteiger charge is 2.22. The summed E-state index contributed by atoms with van der Waals surface area (Å²) in [6, 6.07) is 3.90. The summed E-state index contributed by atoms with van der Waals surface area (Å²) in [4.78, 5) is 22.9. The van der Waals surface area contributed by atoms with Crippen molar-refractivity contribution < 1.29 is 14.0 Å². The highest BCUT2D eigenvalue weighted by Crippen LogP contribution is 2.19. The van der Waals surface area contributed by atoms with Crippen molar-refractivity contribution in [1.82, 2.24) is 10.6 Å². The second-order valence-corrected chi connectivity index (χ2v) is 4.52. The number of amides is 2. The second-order valence-electron chi connectivity index (χ2n) is 4.11. The summed E-state index contributed by atoms with van der Waals surface area (Å²) in [7, 11) is 0. The molecule has 1 aliphatic heterocycles. The molecule has 0 bridgehead atoms. The Morgan fingerprint density at radius 3 is 2.89 bits per heavy atom. The van der Waals surface area contributed by atoms with Gasteiger partial charge in [0.25, 0.3) is 5.91 Å². The molecule has 96 valence electrons. The van der Waals surface area contributed by atoms with Crippen molar-refractivity contribution >= 4 is 23.4 Å². The van der Waals surface area contributed by atoms with E-state index in [1.807, 2.05) is 0 Å². The second kappa shape index (κ2) is 5.35. The fourth-order valence-electron chi connectivity index (χ4n) is 1.83. The summed E-state index contributed by atoms with van der Waals surface area (Å²) >= 11 is 5.79. The fourth-order valence-corrected chi connectivity index (χ4v) is 2.08. The van der Waals surface area contributed by atoms with Crippen LogP contribution in [0.15, 0.2) is 18.2 Å². The molecule has 6 heteroatoms. The van der Waals surface area contributed by atoms with E-state index in [4.69, 9.17) is 11.6 Å². The summed E-state index contributed by atoms with van der Waals surface area (Å²) < 4.78 is 13.5. The molecule has 4 nitrogen and oxygen atoms in total. The summed E-state index contributed by atoms with van der Waals surface area (Å²) in [5.41, 5.74) is -0.156. The van der Waals surface area contributed by atoms with Crippen LogP contribution in [0.25, 0.3) is 0 Å². The van der Waals surface area contributed by atoms with E-state index in [0.717, 1.165) is 0 Å². The van der Waals surface area contributed by atoms with Gasteiger partial charge in [0.05, 0.1) is 10.6 Å². The lowest BCUT2D eigenvalue weighted by molar-refractivity contribution is -0.122. The van der Waals surface area contributed by atoms with Gasteiger partial charge in [-0.3, -0.25) is 9.59 Å². The van der Waals surface area contributed by atoms with E-state index in [0.29, 0.717) is 19.4 Å². The van der Waals surface area contributed by atoms with Gasteiger partial charge in [-0.05, 0) is 18.6 Å². The zero-order chi connectivity index (χ0) is 13.1. The topological polar surface area (TPSA) is 58.2 Å². The summed E-state index contributed by atoms with van der Waals surface area (Å²) in [6.45, 7) is 0.358. The minimum absolute atomic E-state index is 0.0376. The van der Waals surface area contributed by atoms with Crippen molar-refractivity contribution in [2.75, 3.05) is 6.54 Å². The van der Waals surface area contributed by atoms with E-state index in [1.165, 1.54) is 18.2 Å². The van der Waals surface area contributed by atoms with E-state index in [-0.39, 0.29) is 22.5 Å². The standard InChI is InChI=1S/C12H12ClFN2O2/c13-8-2-1-3-9(14)11(8)12(18)16-7-4-5-10(17)15-6-7/h1-3,7H,4-6H2,(H,15,17)(H,16,18). The lowest BCUT2D eigenvalue weighted by atomic mass is 10.1. The Labute approximate surface area is 109 Å². The zero-order valence-corrected chi connectivity index (χ0v) is 10.3. The highest BCUT2D eigenvalue weighted by atomic mass is 35.5. The van der Waals surface area contributed by atoms with Gasteiger partial charge >= 0.3 is 0 Å². The molecule has 0 aliphatic carbocycles. The molecule has 2 N–H and O–H groups in total. The predicted molar refractivity (Wildman–Crippen MR) is 64.9 cm³/mol. The van der Waals surface area contributed by atoms with Crippen LogP contribution in [-0.4, -0.2) is 24.4 Å². The first kappa shape index (κ1) is 12.8. The lowest BCUT2D eigenvalue weighted by Crippen LogP contribution is -2.47. The van der Waals surface area contributed by atoms with Crippen LogP contribution in [-0.2, 0) is 4.79 Å². The third kappa shape index (κ3) is 2.79. The van der Waals surface area contributed by atoms with Crippen LogP contribution in [0.1, 0.15) is 23.2 Å². The molecule has 18 heavy (non-hydrogen) atoms. The number of benzene rings is 1. The molecular formula is C12H12ClFN2O2. The predicted octanol–water partition coefficient (Wildman–Crippen LogP) is 1.49. The average Bonchev–Trinajstić information content (AvgIpc) is 2.32. The molecule has 1 atom stereocenters. The zero-order valence-electron chi connectivity index (χ0n) is 9.50. The first-order chi connectivity index (χ1) is 8.58. The number of carbonyl (C=O) groups excluding carboxylic acids is 2. The van der Waals surface area contributed by atoms with Gasteiger partial charge in [-0.1, -0.05) is 17.7 Å². The van der Waals surface area contributed by atoms with Gasteiger partial charge in [0.1, 0.15) is 5.82 Å². The van der Waals surface area contributed by atoms with Crippen molar-refractivity contribution in [2.45, 2.75) is 18.9 Å². The van der Waals surface area contributed by atoms with E-state index in [1.54, 1.807) is 0 Å². The Hall–Kier alpha value is -1.62. The number of rotatable bonds is 2. The van der Waals surface area contributed by atoms with Gasteiger partial charge in [0, 0.05) is 19.0 Å². The van der Waals surface area contributed by atoms with Crippen LogP contribution >= 0.6 is 11.6 Å². The quantitative estimate of drug-likeness (QED) is 0.855. The smallest absolute Gasteiger partial charge is 0.256 e. The van der Waals surface area contributed by atoms with Crippen LogP contribution in [0.5, 0.6) is 0 Å². The molecule has 1 heterocycles. The maximum absolute atomic E-state index is 13.5. The molecule has 1 aromatic rings. The van der Waals surface area contributed by atoms with Gasteiger partial charge in [-0.25, -0.2) is 4.39 Å². The molecule has 0 spiro atoms. The van der Waals surface area contributed by atoms with Crippen molar-refractivity contribution in [3.8, 4) is 0 Å². The van der Waals surface area contributed by atoms with Crippen molar-refractivity contribution in [3.05, 3.63) is 34.6 Å². The number of halogens is 2. The fraction of sp³-hybridized carbons (Fsp3) is 0.333. The normalized spacial score (nSPS) is 19.2. The Kier molecular flexibility index (Phi) is 3.81. The van der Waals surface area contributed by atoms with E-state index < -0.39 is 11.7 Å². The van der Waals surface area contributed by atoms with Gasteiger partial charge < -0.3 is 10.6 Å². The summed E-state index contributed by atoms with van der Waals surface area (Å²) in [5, 5.41) is 5.37.